The number of hydrogen-bond donors (Lipinski definition) is 4. The highest BCUT2D eigenvalue weighted by Gasteiger charge is 2.40. The molecule has 2 fully saturated rings. The van der Waals surface area contributed by atoms with Crippen LogP contribution in [0.4, 0.5) is 5.69 Å². The van der Waals surface area contributed by atoms with Crippen LogP contribution < -0.4 is 22.1 Å². The number of carbonyl (C=O) groups excluding carboxylic acids is 1. The lowest BCUT2D eigenvalue weighted by molar-refractivity contribution is -0.114. The van der Waals surface area contributed by atoms with Gasteiger partial charge in [-0.05, 0) is 72.2 Å². The van der Waals surface area contributed by atoms with E-state index in [0.29, 0.717) is 29.4 Å². The second-order valence-corrected chi connectivity index (χ2v) is 9.48. The maximum Gasteiger partial charge on any atom is 0.226 e. The van der Waals surface area contributed by atoms with Crippen LogP contribution in [0.5, 0.6) is 0 Å². The first-order valence-corrected chi connectivity index (χ1v) is 11.7. The molecule has 5 rings (SSSR count). The standard InChI is InChI=1S/C26H31N5O3.3H2/c1-16(32)29-21-5-3-18(4-6-21)23(27)7-9-26(28)30-22-11-19-14-31(15-20(19)12-22)13-17-2-8-24-25(10-17)34-33-24;;;/h2-10,19-20,22,30H,11-15,27-28H2,1H3,(H,29,32);3*1H/b23-7-,26-9+;;;/t19-,20?,22?;;;/m1.../s1. The molecule has 3 atom stereocenters. The second-order valence-electron chi connectivity index (χ2n) is 9.48. The molecule has 0 bridgehead atoms. The molecule has 8 heteroatoms. The number of nitrogens with two attached hydrogens (primary N) is 2. The van der Waals surface area contributed by atoms with Gasteiger partial charge in [0.15, 0.2) is 0 Å². The first kappa shape index (κ1) is 22.2. The van der Waals surface area contributed by atoms with Gasteiger partial charge in [-0.25, -0.2) is 0 Å². The summed E-state index contributed by atoms with van der Waals surface area (Å²) in [6, 6.07) is 14.0. The largest absolute Gasteiger partial charge is 0.398 e. The first-order valence-electron chi connectivity index (χ1n) is 11.7. The number of likely N-dealkylation sites (tertiary alicyclic amines) is 1. The van der Waals surface area contributed by atoms with Gasteiger partial charge in [-0.3, -0.25) is 18.8 Å². The van der Waals surface area contributed by atoms with E-state index in [2.05, 4.69) is 27.7 Å². The molecule has 2 aliphatic rings. The Morgan fingerprint density at radius 2 is 1.76 bits per heavy atom. The van der Waals surface area contributed by atoms with E-state index in [1.54, 1.807) is 0 Å². The summed E-state index contributed by atoms with van der Waals surface area (Å²) < 4.78 is 9.93. The molecule has 1 saturated carbocycles. The normalized spacial score (nSPS) is 23.4. The van der Waals surface area contributed by atoms with Gasteiger partial charge in [0.05, 0.1) is 5.82 Å². The molecule has 1 saturated heterocycles. The van der Waals surface area contributed by atoms with Crippen molar-refractivity contribution < 1.29 is 18.2 Å². The molecular weight excluding hydrogens is 430 g/mol. The van der Waals surface area contributed by atoms with Crippen LogP contribution in [0.3, 0.4) is 0 Å². The number of hydrogen-bond acceptors (Lipinski definition) is 7. The fourth-order valence-corrected chi connectivity index (χ4v) is 5.25. The van der Waals surface area contributed by atoms with Crippen molar-refractivity contribution in [3.05, 3.63) is 71.6 Å². The maximum atomic E-state index is 11.1. The van der Waals surface area contributed by atoms with Crippen molar-refractivity contribution >= 4 is 28.5 Å². The summed E-state index contributed by atoms with van der Waals surface area (Å²) in [5.41, 5.74) is 17.6. The highest BCUT2D eigenvalue weighted by molar-refractivity contribution is 5.88. The topological polar surface area (TPSA) is 123 Å². The van der Waals surface area contributed by atoms with Gasteiger partial charge in [0.2, 0.25) is 17.1 Å². The van der Waals surface area contributed by atoms with Crippen molar-refractivity contribution in [1.29, 1.82) is 0 Å². The van der Waals surface area contributed by atoms with Gasteiger partial charge >= 0.3 is 0 Å². The Morgan fingerprint density at radius 1 is 1.06 bits per heavy atom. The number of nitrogens with zero attached hydrogens (tertiary/aromatic N) is 1. The number of carbonyl (C=O) groups is 1. The molecule has 6 N–H and O–H groups in total. The highest BCUT2D eigenvalue weighted by Crippen LogP contribution is 2.39. The Morgan fingerprint density at radius 3 is 2.38 bits per heavy atom. The minimum Gasteiger partial charge on any atom is -0.398 e. The van der Waals surface area contributed by atoms with Crippen molar-refractivity contribution in [2.24, 2.45) is 23.3 Å². The van der Waals surface area contributed by atoms with Crippen LogP contribution >= 0.6 is 0 Å². The van der Waals surface area contributed by atoms with Crippen LogP contribution in [0, 0.1) is 11.8 Å². The molecule has 8 nitrogen and oxygen atoms in total. The molecule has 1 amide bonds. The van der Waals surface area contributed by atoms with Crippen LogP contribution in [0.2, 0.25) is 0 Å². The predicted molar refractivity (Wildman–Crippen MR) is 138 cm³/mol. The van der Waals surface area contributed by atoms with E-state index < -0.39 is 0 Å². The van der Waals surface area contributed by atoms with Crippen molar-refractivity contribution in [1.82, 2.24) is 10.2 Å². The van der Waals surface area contributed by atoms with E-state index in [1.165, 1.54) is 12.5 Å². The molecule has 2 unspecified atom stereocenters. The summed E-state index contributed by atoms with van der Waals surface area (Å²) in [6.07, 6.45) is 5.90. The van der Waals surface area contributed by atoms with Gasteiger partial charge in [-0.1, -0.05) is 18.2 Å². The fraction of sp³-hybridized carbons (Fsp3) is 0.346. The SMILES string of the molecule is CC(=O)Nc1ccc(/C(N)=C/C=C(\N)NC2CC3CN(Cc4ccc5ooc5c4)C[C@H]3C2)cc1.[HH].[HH].[HH]. The summed E-state index contributed by atoms with van der Waals surface area (Å²) in [4.78, 5) is 13.7. The number of rotatable bonds is 7. The first-order chi connectivity index (χ1) is 16.4. The van der Waals surface area contributed by atoms with E-state index in [-0.39, 0.29) is 10.2 Å². The van der Waals surface area contributed by atoms with Crippen LogP contribution in [-0.4, -0.2) is 29.9 Å². The van der Waals surface area contributed by atoms with Crippen molar-refractivity contribution in [3.63, 3.8) is 0 Å². The molecule has 1 aliphatic heterocycles. The maximum absolute atomic E-state index is 11.1. The Hall–Kier alpha value is -3.65. The number of benzene rings is 2. The third kappa shape index (κ3) is 4.97. The van der Waals surface area contributed by atoms with Gasteiger partial charge in [-0.15, -0.1) is 0 Å². The number of anilines is 1. The van der Waals surface area contributed by atoms with Crippen molar-refractivity contribution in [2.45, 2.75) is 32.4 Å². The molecule has 184 valence electrons. The van der Waals surface area contributed by atoms with E-state index in [1.807, 2.05) is 42.5 Å². The molecule has 1 aliphatic carbocycles. The fourth-order valence-electron chi connectivity index (χ4n) is 5.25. The second kappa shape index (κ2) is 9.30. The van der Waals surface area contributed by atoms with E-state index >= 15 is 0 Å². The zero-order valence-electron chi connectivity index (χ0n) is 19.3. The molecule has 2 aromatic carbocycles. The van der Waals surface area contributed by atoms with Gasteiger partial charge in [0, 0.05) is 48.3 Å². The summed E-state index contributed by atoms with van der Waals surface area (Å²) in [5.74, 6) is 1.92. The zero-order valence-corrected chi connectivity index (χ0v) is 19.3. The molecular formula is C26H37N5O3. The Labute approximate surface area is 203 Å². The predicted octanol–water partition coefficient (Wildman–Crippen LogP) is 4.32. The lowest BCUT2D eigenvalue weighted by atomic mass is 10.0. The number of fused-ring (bicyclic) bond motifs is 2. The van der Waals surface area contributed by atoms with E-state index in [4.69, 9.17) is 20.6 Å². The quantitative estimate of drug-likeness (QED) is 0.301. The third-order valence-electron chi connectivity index (χ3n) is 6.81. The molecule has 1 aromatic heterocycles. The lowest BCUT2D eigenvalue weighted by Gasteiger charge is -2.20. The lowest BCUT2D eigenvalue weighted by Crippen LogP contribution is -2.32. The molecule has 3 aromatic rings. The Balaban J connectivity index is 0.00000160. The van der Waals surface area contributed by atoms with E-state index in [9.17, 15) is 4.79 Å². The van der Waals surface area contributed by atoms with E-state index in [0.717, 1.165) is 54.9 Å². The number of allylic oxidation sites excluding steroid dienone is 2. The highest BCUT2D eigenvalue weighted by atomic mass is 17.0. The summed E-state index contributed by atoms with van der Waals surface area (Å²) in [7, 11) is 0. The van der Waals surface area contributed by atoms with Crippen molar-refractivity contribution in [2.75, 3.05) is 18.4 Å². The van der Waals surface area contributed by atoms with Gasteiger partial charge in [-0.2, -0.15) is 0 Å². The average molecular weight is 468 g/mol. The van der Waals surface area contributed by atoms with Gasteiger partial charge in [0.1, 0.15) is 0 Å². The number of amides is 1. The molecule has 0 spiro atoms. The number of nitrogens with one attached hydrogen (secondary N) is 2. The summed E-state index contributed by atoms with van der Waals surface area (Å²) in [5, 5.41) is 6.22. The van der Waals surface area contributed by atoms with Crippen LogP contribution in [0.1, 0.15) is 35.2 Å². The average Bonchev–Trinajstić information content (AvgIpc) is 3.32. The minimum absolute atomic E-state index is 0. The molecule has 34 heavy (non-hydrogen) atoms. The molecule has 2 heterocycles. The van der Waals surface area contributed by atoms with Crippen LogP contribution in [0.15, 0.2) is 69.6 Å². The monoisotopic (exact) mass is 467 g/mol. The zero-order chi connectivity index (χ0) is 23.7. The smallest absolute Gasteiger partial charge is 0.226 e. The summed E-state index contributed by atoms with van der Waals surface area (Å²) >= 11 is 0. The minimum atomic E-state index is -0.101. The van der Waals surface area contributed by atoms with Crippen LogP contribution in [0.25, 0.3) is 16.9 Å². The Bertz CT molecular complexity index is 1220. The third-order valence-corrected chi connectivity index (χ3v) is 6.81. The van der Waals surface area contributed by atoms with Crippen molar-refractivity contribution in [3.8, 4) is 0 Å². The van der Waals surface area contributed by atoms with Crippen LogP contribution in [-0.2, 0) is 11.3 Å². The van der Waals surface area contributed by atoms with Gasteiger partial charge in [0.25, 0.3) is 0 Å². The summed E-state index contributed by atoms with van der Waals surface area (Å²) in [6.45, 7) is 4.65. The Kier molecular flexibility index (Phi) is 6.06. The molecule has 0 radical (unpaired) electrons. The van der Waals surface area contributed by atoms with Gasteiger partial charge < -0.3 is 22.1 Å².